The Balaban J connectivity index is 2.57. The lowest BCUT2D eigenvalue weighted by molar-refractivity contribution is 0.0592. The quantitative estimate of drug-likeness (QED) is 0.834. The van der Waals surface area contributed by atoms with Crippen LogP contribution >= 0.6 is 0 Å². The van der Waals surface area contributed by atoms with E-state index < -0.39 is 28.7 Å². The van der Waals surface area contributed by atoms with Crippen molar-refractivity contribution in [2.24, 2.45) is 0 Å². The normalized spacial score (nSPS) is 10.4. The summed E-state index contributed by atoms with van der Waals surface area (Å²) in [6.45, 7) is 1.96. The first-order valence-corrected chi connectivity index (χ1v) is 6.24. The zero-order valence-corrected chi connectivity index (χ0v) is 11.7. The fourth-order valence-electron chi connectivity index (χ4n) is 2.03. The number of hydrogen-bond donors (Lipinski definition) is 2. The van der Waals surface area contributed by atoms with Crippen LogP contribution in [0.1, 0.15) is 21.5 Å². The Kier molecular flexibility index (Phi) is 3.98. The first kappa shape index (κ1) is 14.6. The van der Waals surface area contributed by atoms with Crippen LogP contribution in [0, 0.1) is 6.92 Å². The van der Waals surface area contributed by atoms with E-state index in [-0.39, 0.29) is 6.54 Å². The zero-order valence-electron chi connectivity index (χ0n) is 11.7. The van der Waals surface area contributed by atoms with Crippen LogP contribution in [0.2, 0.25) is 0 Å². The first-order valence-electron chi connectivity index (χ1n) is 6.24. The number of pyridine rings is 1. The highest BCUT2D eigenvalue weighted by Gasteiger charge is 2.22. The molecule has 1 aromatic heterocycles. The zero-order chi connectivity index (χ0) is 15.6. The molecule has 0 amide bonds. The van der Waals surface area contributed by atoms with Gasteiger partial charge in [0.2, 0.25) is 5.88 Å². The molecule has 2 aromatic rings. The smallest absolute Gasteiger partial charge is 0.347 e. The van der Waals surface area contributed by atoms with Gasteiger partial charge in [-0.3, -0.25) is 9.36 Å². The number of hydrogen-bond acceptors (Lipinski definition) is 5. The van der Waals surface area contributed by atoms with E-state index in [9.17, 15) is 19.8 Å². The van der Waals surface area contributed by atoms with Gasteiger partial charge in [0.05, 0.1) is 13.7 Å². The van der Waals surface area contributed by atoms with Crippen molar-refractivity contribution in [3.8, 4) is 11.6 Å². The van der Waals surface area contributed by atoms with Crippen LogP contribution in [0.15, 0.2) is 35.1 Å². The number of esters is 1. The third kappa shape index (κ3) is 2.74. The molecule has 110 valence electrons. The van der Waals surface area contributed by atoms with Crippen molar-refractivity contribution in [2.45, 2.75) is 13.5 Å². The van der Waals surface area contributed by atoms with Crippen molar-refractivity contribution in [3.05, 3.63) is 57.4 Å². The minimum absolute atomic E-state index is 0.0849. The number of benzene rings is 1. The van der Waals surface area contributed by atoms with E-state index in [0.717, 1.165) is 28.9 Å². The van der Waals surface area contributed by atoms with Gasteiger partial charge in [-0.15, -0.1) is 0 Å². The molecule has 0 fully saturated rings. The van der Waals surface area contributed by atoms with Crippen LogP contribution in [0.25, 0.3) is 0 Å². The van der Waals surface area contributed by atoms with Gasteiger partial charge in [0.15, 0.2) is 5.56 Å². The van der Waals surface area contributed by atoms with Crippen LogP contribution in [0.4, 0.5) is 0 Å². The van der Waals surface area contributed by atoms with Crippen LogP contribution in [0.3, 0.4) is 0 Å². The number of aromatic nitrogens is 1. The molecule has 0 saturated heterocycles. The second-order valence-corrected chi connectivity index (χ2v) is 4.57. The number of aromatic hydroxyl groups is 2. The summed E-state index contributed by atoms with van der Waals surface area (Å²) in [7, 11) is 1.12. The summed E-state index contributed by atoms with van der Waals surface area (Å²) in [5.74, 6) is -2.14. The SMILES string of the molecule is COC(=O)c1c(O)cc(=O)n(Cc2ccccc2C)c1O. The highest BCUT2D eigenvalue weighted by Crippen LogP contribution is 2.26. The Morgan fingerprint density at radius 2 is 1.95 bits per heavy atom. The molecule has 0 bridgehead atoms. The largest absolute Gasteiger partial charge is 0.507 e. The van der Waals surface area contributed by atoms with Crippen LogP contribution in [-0.4, -0.2) is 27.9 Å². The lowest BCUT2D eigenvalue weighted by atomic mass is 10.1. The lowest BCUT2D eigenvalue weighted by Gasteiger charge is -2.13. The Bertz CT molecular complexity index is 748. The predicted octanol–water partition coefficient (Wildman–Crippen LogP) is 1.40. The van der Waals surface area contributed by atoms with Crippen LogP contribution in [0.5, 0.6) is 11.6 Å². The molecule has 0 radical (unpaired) electrons. The molecule has 6 nitrogen and oxygen atoms in total. The van der Waals surface area contributed by atoms with Gasteiger partial charge in [-0.05, 0) is 18.1 Å². The van der Waals surface area contributed by atoms with E-state index in [1.54, 1.807) is 0 Å². The van der Waals surface area contributed by atoms with E-state index in [4.69, 9.17) is 0 Å². The number of ether oxygens (including phenoxy) is 1. The molecule has 0 atom stereocenters. The Morgan fingerprint density at radius 3 is 2.57 bits per heavy atom. The highest BCUT2D eigenvalue weighted by atomic mass is 16.5. The number of carbonyl (C=O) groups is 1. The topological polar surface area (TPSA) is 88.8 Å². The molecule has 2 N–H and O–H groups in total. The number of methoxy groups -OCH3 is 1. The van der Waals surface area contributed by atoms with E-state index >= 15 is 0 Å². The van der Waals surface area contributed by atoms with Gasteiger partial charge in [-0.2, -0.15) is 0 Å². The van der Waals surface area contributed by atoms with Gasteiger partial charge in [-0.1, -0.05) is 24.3 Å². The molecule has 21 heavy (non-hydrogen) atoms. The molecular formula is C15H15NO5. The summed E-state index contributed by atoms with van der Waals surface area (Å²) in [6, 6.07) is 8.24. The summed E-state index contributed by atoms with van der Waals surface area (Å²) in [6.07, 6.45) is 0. The van der Waals surface area contributed by atoms with Crippen molar-refractivity contribution >= 4 is 5.97 Å². The molecule has 0 spiro atoms. The highest BCUT2D eigenvalue weighted by molar-refractivity contribution is 5.94. The molecular weight excluding hydrogens is 274 g/mol. The van der Waals surface area contributed by atoms with Gasteiger partial charge in [-0.25, -0.2) is 4.79 Å². The maximum atomic E-state index is 11.9. The molecule has 0 aliphatic heterocycles. The second kappa shape index (κ2) is 5.70. The summed E-state index contributed by atoms with van der Waals surface area (Å²) < 4.78 is 5.50. The Morgan fingerprint density at radius 1 is 1.29 bits per heavy atom. The van der Waals surface area contributed by atoms with Crippen LogP contribution in [-0.2, 0) is 11.3 Å². The van der Waals surface area contributed by atoms with E-state index in [1.807, 2.05) is 31.2 Å². The van der Waals surface area contributed by atoms with Crippen molar-refractivity contribution in [3.63, 3.8) is 0 Å². The summed E-state index contributed by atoms with van der Waals surface area (Å²) >= 11 is 0. The van der Waals surface area contributed by atoms with Crippen LogP contribution < -0.4 is 5.56 Å². The van der Waals surface area contributed by atoms with Gasteiger partial charge in [0.1, 0.15) is 5.75 Å². The van der Waals surface area contributed by atoms with Crippen molar-refractivity contribution in [1.29, 1.82) is 0 Å². The molecule has 1 heterocycles. The minimum atomic E-state index is -0.913. The second-order valence-electron chi connectivity index (χ2n) is 4.57. The van der Waals surface area contributed by atoms with Gasteiger partial charge in [0, 0.05) is 6.07 Å². The predicted molar refractivity (Wildman–Crippen MR) is 75.7 cm³/mol. The maximum absolute atomic E-state index is 11.9. The van der Waals surface area contributed by atoms with E-state index in [2.05, 4.69) is 4.74 Å². The lowest BCUT2D eigenvalue weighted by Crippen LogP contribution is -2.22. The molecule has 0 aliphatic rings. The van der Waals surface area contributed by atoms with E-state index in [0.29, 0.717) is 0 Å². The monoisotopic (exact) mass is 289 g/mol. The third-order valence-corrected chi connectivity index (χ3v) is 3.24. The average molecular weight is 289 g/mol. The van der Waals surface area contributed by atoms with Crippen molar-refractivity contribution in [1.82, 2.24) is 4.57 Å². The fourth-order valence-corrected chi connectivity index (χ4v) is 2.03. The summed E-state index contributed by atoms with van der Waals surface area (Å²) in [5.41, 5.74) is 0.722. The maximum Gasteiger partial charge on any atom is 0.347 e. The van der Waals surface area contributed by atoms with Crippen molar-refractivity contribution < 1.29 is 19.7 Å². The van der Waals surface area contributed by atoms with E-state index in [1.165, 1.54) is 0 Å². The molecule has 1 aromatic carbocycles. The number of rotatable bonds is 3. The van der Waals surface area contributed by atoms with Gasteiger partial charge >= 0.3 is 5.97 Å². The summed E-state index contributed by atoms with van der Waals surface area (Å²) in [5, 5.41) is 19.8. The summed E-state index contributed by atoms with van der Waals surface area (Å²) in [4.78, 5) is 23.5. The standard InChI is InChI=1S/C15H15NO5/c1-9-5-3-4-6-10(9)8-16-12(18)7-11(17)13(14(16)19)15(20)21-2/h3-7,17,19H,8H2,1-2H3. The molecule has 2 rings (SSSR count). The Hall–Kier alpha value is -2.76. The molecule has 0 saturated carbocycles. The van der Waals surface area contributed by atoms with Gasteiger partial charge < -0.3 is 14.9 Å². The number of carbonyl (C=O) groups excluding carboxylic acids is 1. The van der Waals surface area contributed by atoms with Gasteiger partial charge in [0.25, 0.3) is 5.56 Å². The fraction of sp³-hybridized carbons (Fsp3) is 0.200. The van der Waals surface area contributed by atoms with Crippen molar-refractivity contribution in [2.75, 3.05) is 7.11 Å². The molecule has 0 aliphatic carbocycles. The Labute approximate surface area is 120 Å². The third-order valence-electron chi connectivity index (χ3n) is 3.24. The number of nitrogens with zero attached hydrogens (tertiary/aromatic N) is 1. The molecule has 6 heteroatoms. The average Bonchev–Trinajstić information content (AvgIpc) is 2.44. The molecule has 0 unspecified atom stereocenters. The number of aryl methyl sites for hydroxylation is 1. The minimum Gasteiger partial charge on any atom is -0.507 e. The first-order chi connectivity index (χ1) is 9.95.